The molecule has 0 amide bonds. The van der Waals surface area contributed by atoms with Crippen molar-refractivity contribution in [2.24, 2.45) is 0 Å². The molecule has 0 bridgehead atoms. The second-order valence-electron chi connectivity index (χ2n) is 5.38. The van der Waals surface area contributed by atoms with E-state index in [1.54, 1.807) is 41.5 Å². The van der Waals surface area contributed by atoms with Crippen molar-refractivity contribution >= 4 is 11.9 Å². The standard InChI is InChI=1S/2C4H10O.2C2H4O2.Ti/c2*1-4(2,3)5;2*1-2(3)4;/h2*5H,1-3H3;2*1H3,(H,3,4);. The Morgan fingerprint density at radius 3 is 0.684 bits per heavy atom. The first-order chi connectivity index (χ1) is 7.46. The molecule has 0 radical (unpaired) electrons. The summed E-state index contributed by atoms with van der Waals surface area (Å²) < 4.78 is 0. The molecule has 0 aliphatic heterocycles. The average molecular weight is 316 g/mol. The number of rotatable bonds is 0. The average Bonchev–Trinajstić information content (AvgIpc) is 1.70. The van der Waals surface area contributed by atoms with Crippen molar-refractivity contribution < 1.29 is 51.7 Å². The zero-order chi connectivity index (χ0) is 16.2. The number of hydrogen-bond donors (Lipinski definition) is 4. The van der Waals surface area contributed by atoms with Gasteiger partial charge in [0, 0.05) is 35.6 Å². The number of carbonyl (C=O) groups is 2. The van der Waals surface area contributed by atoms with E-state index in [9.17, 15) is 0 Å². The number of carboxylic acid groups (broad SMARTS) is 2. The van der Waals surface area contributed by atoms with Crippen LogP contribution in [0.25, 0.3) is 0 Å². The number of hydrogen-bond acceptors (Lipinski definition) is 4. The molecule has 0 heterocycles. The Morgan fingerprint density at radius 1 is 0.684 bits per heavy atom. The number of aliphatic hydroxyl groups is 2. The number of carboxylic acids is 2. The number of aliphatic carboxylic acids is 2. The molecule has 0 saturated carbocycles. The van der Waals surface area contributed by atoms with Gasteiger partial charge in [0.1, 0.15) is 0 Å². The first-order valence-electron chi connectivity index (χ1n) is 5.30. The maximum Gasteiger partial charge on any atom is 0.300 e. The summed E-state index contributed by atoms with van der Waals surface area (Å²) in [5.74, 6) is -1.67. The minimum atomic E-state index is -0.833. The van der Waals surface area contributed by atoms with E-state index in [0.717, 1.165) is 13.8 Å². The molecule has 0 spiro atoms. The third-order valence-electron chi connectivity index (χ3n) is 0. The smallest absolute Gasteiger partial charge is 0.300 e. The van der Waals surface area contributed by atoms with Crippen molar-refractivity contribution in [3.63, 3.8) is 0 Å². The van der Waals surface area contributed by atoms with E-state index in [4.69, 9.17) is 30.0 Å². The Kier molecular flexibility index (Phi) is 25.6. The molecule has 0 fully saturated rings. The zero-order valence-corrected chi connectivity index (χ0v) is 14.7. The molecule has 7 heteroatoms. The predicted molar refractivity (Wildman–Crippen MR) is 70.6 cm³/mol. The minimum absolute atomic E-state index is 0. The van der Waals surface area contributed by atoms with Crippen LogP contribution in [0.5, 0.6) is 0 Å². The summed E-state index contributed by atoms with van der Waals surface area (Å²) in [4.78, 5) is 18.0. The van der Waals surface area contributed by atoms with Crippen molar-refractivity contribution in [1.82, 2.24) is 0 Å². The fourth-order valence-electron chi connectivity index (χ4n) is 0. The van der Waals surface area contributed by atoms with Crippen LogP contribution in [0.4, 0.5) is 0 Å². The maximum atomic E-state index is 9.00. The van der Waals surface area contributed by atoms with Crippen molar-refractivity contribution in [3.05, 3.63) is 0 Å². The summed E-state index contributed by atoms with van der Waals surface area (Å²) in [7, 11) is 0. The maximum absolute atomic E-state index is 9.00. The van der Waals surface area contributed by atoms with E-state index in [-0.39, 0.29) is 21.7 Å². The van der Waals surface area contributed by atoms with Gasteiger partial charge in [0.25, 0.3) is 11.9 Å². The first-order valence-corrected chi connectivity index (χ1v) is 5.30. The fourth-order valence-corrected chi connectivity index (χ4v) is 0. The Labute approximate surface area is 130 Å². The SMILES string of the molecule is CC(=O)O.CC(=O)O.CC(C)(C)O.CC(C)(C)O.[Ti]. The largest absolute Gasteiger partial charge is 0.481 e. The Bertz CT molecular complexity index is 171. The fraction of sp³-hybridized carbons (Fsp3) is 0.833. The van der Waals surface area contributed by atoms with E-state index in [1.807, 2.05) is 0 Å². The molecule has 116 valence electrons. The van der Waals surface area contributed by atoms with Crippen LogP contribution in [-0.4, -0.2) is 43.6 Å². The molecule has 0 aromatic carbocycles. The van der Waals surface area contributed by atoms with Gasteiger partial charge in [-0.2, -0.15) is 0 Å². The van der Waals surface area contributed by atoms with Gasteiger partial charge in [-0.25, -0.2) is 0 Å². The van der Waals surface area contributed by atoms with Gasteiger partial charge in [0.05, 0.1) is 11.2 Å². The summed E-state index contributed by atoms with van der Waals surface area (Å²) in [6, 6.07) is 0. The molecular formula is C12H28O6Ti. The second-order valence-corrected chi connectivity index (χ2v) is 5.38. The molecular weight excluding hydrogens is 288 g/mol. The van der Waals surface area contributed by atoms with E-state index < -0.39 is 23.1 Å². The molecule has 0 rings (SSSR count). The summed E-state index contributed by atoms with van der Waals surface area (Å²) >= 11 is 0. The van der Waals surface area contributed by atoms with E-state index in [1.165, 1.54) is 0 Å². The van der Waals surface area contributed by atoms with Gasteiger partial charge in [-0.15, -0.1) is 0 Å². The Balaban J connectivity index is -0.0000000453. The van der Waals surface area contributed by atoms with Crippen LogP contribution in [0.1, 0.15) is 55.4 Å². The third kappa shape index (κ3) is 23500. The topological polar surface area (TPSA) is 115 Å². The van der Waals surface area contributed by atoms with Crippen molar-refractivity contribution in [2.45, 2.75) is 66.6 Å². The minimum Gasteiger partial charge on any atom is -0.481 e. The molecule has 19 heavy (non-hydrogen) atoms. The molecule has 0 atom stereocenters. The van der Waals surface area contributed by atoms with Gasteiger partial charge in [0.15, 0.2) is 0 Å². The van der Waals surface area contributed by atoms with E-state index in [2.05, 4.69) is 0 Å². The van der Waals surface area contributed by atoms with Crippen molar-refractivity contribution in [3.8, 4) is 0 Å². The van der Waals surface area contributed by atoms with Crippen LogP contribution in [0.15, 0.2) is 0 Å². The normalized spacial score (nSPS) is 8.95. The molecule has 6 nitrogen and oxygen atoms in total. The second kappa shape index (κ2) is 15.6. The van der Waals surface area contributed by atoms with Crippen molar-refractivity contribution in [2.75, 3.05) is 0 Å². The molecule has 0 aromatic rings. The van der Waals surface area contributed by atoms with Crippen molar-refractivity contribution in [1.29, 1.82) is 0 Å². The van der Waals surface area contributed by atoms with Gasteiger partial charge in [-0.3, -0.25) is 9.59 Å². The molecule has 0 aliphatic carbocycles. The van der Waals surface area contributed by atoms with Crippen LogP contribution in [0.3, 0.4) is 0 Å². The van der Waals surface area contributed by atoms with Crippen LogP contribution in [0, 0.1) is 0 Å². The van der Waals surface area contributed by atoms with E-state index in [0.29, 0.717) is 0 Å². The molecule has 0 aliphatic rings. The van der Waals surface area contributed by atoms with Crippen LogP contribution >= 0.6 is 0 Å². The zero-order valence-electron chi connectivity index (χ0n) is 13.1. The van der Waals surface area contributed by atoms with Gasteiger partial charge in [0.2, 0.25) is 0 Å². The summed E-state index contributed by atoms with van der Waals surface area (Å²) in [5, 5.41) is 31.9. The molecule has 0 aromatic heterocycles. The third-order valence-corrected chi connectivity index (χ3v) is 0. The molecule has 4 N–H and O–H groups in total. The summed E-state index contributed by atoms with van der Waals surface area (Å²) in [6.45, 7) is 12.6. The van der Waals surface area contributed by atoms with Crippen LogP contribution in [-0.2, 0) is 31.3 Å². The summed E-state index contributed by atoms with van der Waals surface area (Å²) in [5.41, 5.74) is -1.00. The monoisotopic (exact) mass is 316 g/mol. The Morgan fingerprint density at radius 2 is 0.684 bits per heavy atom. The van der Waals surface area contributed by atoms with Gasteiger partial charge >= 0.3 is 0 Å². The summed E-state index contributed by atoms with van der Waals surface area (Å²) in [6.07, 6.45) is 0. The first kappa shape index (κ1) is 31.1. The van der Waals surface area contributed by atoms with Gasteiger partial charge in [-0.1, -0.05) is 0 Å². The Hall–Kier alpha value is -0.426. The molecule has 0 saturated heterocycles. The van der Waals surface area contributed by atoms with Gasteiger partial charge in [-0.05, 0) is 41.5 Å². The molecule has 0 unspecified atom stereocenters. The quantitative estimate of drug-likeness (QED) is 0.506. The van der Waals surface area contributed by atoms with Crippen LogP contribution < -0.4 is 0 Å². The van der Waals surface area contributed by atoms with Crippen LogP contribution in [0.2, 0.25) is 0 Å². The van der Waals surface area contributed by atoms with E-state index >= 15 is 0 Å². The predicted octanol–water partition coefficient (Wildman–Crippen LogP) is 1.73. The van der Waals surface area contributed by atoms with Gasteiger partial charge < -0.3 is 20.4 Å².